The summed E-state index contributed by atoms with van der Waals surface area (Å²) in [6.45, 7) is 0. The van der Waals surface area contributed by atoms with Crippen molar-refractivity contribution in [2.45, 2.75) is 11.3 Å². The second kappa shape index (κ2) is 8.79. The first kappa shape index (κ1) is 23.9. The second-order valence-electron chi connectivity index (χ2n) is 9.77. The third kappa shape index (κ3) is 3.65. The SMILES string of the molecule is Fc1ccc2nc(NC3=NC4(c5ccccn5)N=C(Nc5nc6ccc(F)cc6[nH]5)NC4(c4ccccn4)N3)[nH]c2c1. The van der Waals surface area contributed by atoms with Gasteiger partial charge in [0.05, 0.1) is 33.5 Å². The van der Waals surface area contributed by atoms with Crippen molar-refractivity contribution in [3.05, 3.63) is 108 Å². The highest BCUT2D eigenvalue weighted by Gasteiger charge is 2.65. The average molecular weight is 563 g/mol. The Bertz CT molecular complexity index is 1930. The molecule has 0 atom stereocenters. The first-order valence-electron chi connectivity index (χ1n) is 12.9. The van der Waals surface area contributed by atoms with E-state index in [1.54, 1.807) is 30.6 Å². The fourth-order valence-electron chi connectivity index (χ4n) is 5.32. The number of aliphatic imine (C=N–C) groups is 2. The van der Waals surface area contributed by atoms with Gasteiger partial charge in [-0.2, -0.15) is 0 Å². The van der Waals surface area contributed by atoms with Crippen LogP contribution in [0.25, 0.3) is 22.1 Å². The molecule has 6 N–H and O–H groups in total. The van der Waals surface area contributed by atoms with Crippen LogP contribution in [0.2, 0.25) is 0 Å². The molecule has 206 valence electrons. The van der Waals surface area contributed by atoms with Crippen LogP contribution in [-0.2, 0) is 11.3 Å². The Morgan fingerprint density at radius 3 is 1.64 bits per heavy atom. The van der Waals surface area contributed by atoms with Gasteiger partial charge in [-0.05, 0) is 60.7 Å². The third-order valence-electron chi connectivity index (χ3n) is 7.11. The van der Waals surface area contributed by atoms with E-state index in [0.29, 0.717) is 57.3 Å². The van der Waals surface area contributed by atoms with Gasteiger partial charge in [0.2, 0.25) is 35.1 Å². The van der Waals surface area contributed by atoms with Gasteiger partial charge in [0.1, 0.15) is 11.6 Å². The highest BCUT2D eigenvalue weighted by Crippen LogP contribution is 2.48. The number of H-pyrrole nitrogens is 2. The van der Waals surface area contributed by atoms with Crippen LogP contribution in [0.15, 0.2) is 95.2 Å². The minimum absolute atomic E-state index is 0.320. The van der Waals surface area contributed by atoms with Crippen LogP contribution in [0.4, 0.5) is 20.7 Å². The summed E-state index contributed by atoms with van der Waals surface area (Å²) in [5.74, 6) is 0.595. The van der Waals surface area contributed by atoms with E-state index in [2.05, 4.69) is 51.2 Å². The van der Waals surface area contributed by atoms with Gasteiger partial charge in [0.15, 0.2) is 0 Å². The third-order valence-corrected chi connectivity index (χ3v) is 7.11. The van der Waals surface area contributed by atoms with Gasteiger partial charge in [0.25, 0.3) is 0 Å². The number of pyridine rings is 2. The number of halogens is 2. The summed E-state index contributed by atoms with van der Waals surface area (Å²) in [6, 6.07) is 19.6. The Labute approximate surface area is 235 Å². The number of rotatable bonds is 4. The summed E-state index contributed by atoms with van der Waals surface area (Å²) in [4.78, 5) is 34.5. The van der Waals surface area contributed by atoms with Crippen molar-refractivity contribution in [2.24, 2.45) is 9.98 Å². The maximum Gasteiger partial charge on any atom is 0.246 e. The van der Waals surface area contributed by atoms with E-state index in [9.17, 15) is 8.78 Å². The number of hydrogen-bond donors (Lipinski definition) is 6. The van der Waals surface area contributed by atoms with Crippen molar-refractivity contribution in [1.82, 2.24) is 40.5 Å². The lowest BCUT2D eigenvalue weighted by Gasteiger charge is -2.35. The molecule has 42 heavy (non-hydrogen) atoms. The van der Waals surface area contributed by atoms with E-state index in [1.807, 2.05) is 30.3 Å². The zero-order chi connectivity index (χ0) is 28.3. The van der Waals surface area contributed by atoms with Gasteiger partial charge in [-0.25, -0.2) is 28.7 Å². The quantitative estimate of drug-likeness (QED) is 0.190. The zero-order valence-corrected chi connectivity index (χ0v) is 21.5. The lowest BCUT2D eigenvalue weighted by Crippen LogP contribution is -2.61. The molecule has 0 radical (unpaired) electrons. The van der Waals surface area contributed by atoms with Crippen molar-refractivity contribution >= 4 is 45.9 Å². The van der Waals surface area contributed by atoms with Crippen LogP contribution in [0.5, 0.6) is 0 Å². The van der Waals surface area contributed by atoms with Crippen LogP contribution < -0.4 is 21.3 Å². The predicted molar refractivity (Wildman–Crippen MR) is 152 cm³/mol. The smallest absolute Gasteiger partial charge is 0.246 e. The molecule has 0 saturated carbocycles. The van der Waals surface area contributed by atoms with E-state index < -0.39 is 11.3 Å². The normalized spacial score (nSPS) is 21.0. The lowest BCUT2D eigenvalue weighted by atomic mass is 9.88. The molecule has 6 aromatic rings. The standard InChI is InChI=1S/C28H20F2N12/c29-15-7-9-17-19(13-15)35-23(33-17)37-25-39-27(21-5-1-3-11-31-21)28(41-25,22-6-2-4-12-32-22)42-26(40-27)38-24-34-18-10-8-16(30)14-20(18)36-24/h1-14H,(H3,33,35,37,39,41)(H3,34,36,38,40,42). The van der Waals surface area contributed by atoms with Gasteiger partial charge in [-0.15, -0.1) is 0 Å². The summed E-state index contributed by atoms with van der Waals surface area (Å²) in [6.07, 6.45) is 3.34. The number of nitrogens with one attached hydrogen (secondary N) is 6. The maximum atomic E-state index is 13.8. The van der Waals surface area contributed by atoms with Crippen molar-refractivity contribution in [1.29, 1.82) is 0 Å². The number of benzene rings is 2. The maximum absolute atomic E-state index is 13.8. The van der Waals surface area contributed by atoms with Crippen molar-refractivity contribution in [2.75, 3.05) is 10.6 Å². The minimum Gasteiger partial charge on any atom is -0.324 e. The summed E-state index contributed by atoms with van der Waals surface area (Å²) >= 11 is 0. The molecule has 12 nitrogen and oxygen atoms in total. The number of hydrogen-bond acceptors (Lipinski definition) is 10. The van der Waals surface area contributed by atoms with Crippen molar-refractivity contribution in [3.63, 3.8) is 0 Å². The summed E-state index contributed by atoms with van der Waals surface area (Å²) < 4.78 is 27.6. The molecule has 2 aliphatic heterocycles. The fourth-order valence-corrected chi connectivity index (χ4v) is 5.32. The molecule has 0 bridgehead atoms. The largest absolute Gasteiger partial charge is 0.324 e. The topological polar surface area (TPSA) is 156 Å². The van der Waals surface area contributed by atoms with E-state index in [0.717, 1.165) is 0 Å². The summed E-state index contributed by atoms with van der Waals surface area (Å²) in [5.41, 5.74) is 0.715. The molecular formula is C28H20F2N12. The summed E-state index contributed by atoms with van der Waals surface area (Å²) in [7, 11) is 0. The Morgan fingerprint density at radius 1 is 0.619 bits per heavy atom. The Balaban J connectivity index is 1.25. The van der Waals surface area contributed by atoms with E-state index in [1.165, 1.54) is 24.3 Å². The molecule has 0 fully saturated rings. The van der Waals surface area contributed by atoms with Crippen LogP contribution in [-0.4, -0.2) is 41.8 Å². The van der Waals surface area contributed by atoms with Gasteiger partial charge < -0.3 is 20.6 Å². The van der Waals surface area contributed by atoms with Crippen LogP contribution in [0.3, 0.4) is 0 Å². The molecule has 2 aliphatic rings. The highest BCUT2D eigenvalue weighted by molar-refractivity contribution is 6.01. The number of anilines is 2. The average Bonchev–Trinajstić information content (AvgIpc) is 3.73. The molecule has 2 aromatic carbocycles. The molecule has 6 heterocycles. The Kier molecular flexibility index (Phi) is 5.01. The van der Waals surface area contributed by atoms with Gasteiger partial charge in [-0.1, -0.05) is 12.1 Å². The molecular weight excluding hydrogens is 542 g/mol. The van der Waals surface area contributed by atoms with E-state index >= 15 is 0 Å². The van der Waals surface area contributed by atoms with E-state index in [4.69, 9.17) is 9.98 Å². The molecule has 14 heteroatoms. The number of aromatic nitrogens is 6. The van der Waals surface area contributed by atoms with Crippen LogP contribution >= 0.6 is 0 Å². The molecule has 0 amide bonds. The van der Waals surface area contributed by atoms with Crippen molar-refractivity contribution in [3.8, 4) is 0 Å². The first-order chi connectivity index (χ1) is 20.5. The van der Waals surface area contributed by atoms with E-state index in [-0.39, 0.29) is 11.6 Å². The van der Waals surface area contributed by atoms with Gasteiger partial charge in [-0.3, -0.25) is 20.6 Å². The number of nitrogens with zero attached hydrogens (tertiary/aromatic N) is 6. The predicted octanol–water partition coefficient (Wildman–Crippen LogP) is 3.66. The molecule has 0 unspecified atom stereocenters. The summed E-state index contributed by atoms with van der Waals surface area (Å²) in [5, 5.41) is 13.2. The molecule has 0 saturated heterocycles. The number of fused-ring (bicyclic) bond motifs is 3. The number of guanidine groups is 2. The molecule has 0 aliphatic carbocycles. The molecule has 4 aromatic heterocycles. The second-order valence-corrected chi connectivity index (χ2v) is 9.77. The highest BCUT2D eigenvalue weighted by atomic mass is 19.1. The first-order valence-corrected chi connectivity index (χ1v) is 12.9. The number of aromatic amines is 2. The fraction of sp³-hybridized carbons (Fsp3) is 0.0714. The van der Waals surface area contributed by atoms with Crippen LogP contribution in [0, 0.1) is 11.6 Å². The monoisotopic (exact) mass is 562 g/mol. The molecule has 0 spiro atoms. The van der Waals surface area contributed by atoms with Crippen molar-refractivity contribution < 1.29 is 8.78 Å². The van der Waals surface area contributed by atoms with Gasteiger partial charge >= 0.3 is 0 Å². The zero-order valence-electron chi connectivity index (χ0n) is 21.5. The molecule has 8 rings (SSSR count). The van der Waals surface area contributed by atoms with Gasteiger partial charge in [0, 0.05) is 12.4 Å². The minimum atomic E-state index is -1.39. The van der Waals surface area contributed by atoms with Crippen LogP contribution in [0.1, 0.15) is 11.4 Å². The number of imidazole rings is 2. The Morgan fingerprint density at radius 2 is 1.14 bits per heavy atom. The Hall–Kier alpha value is -5.92. The lowest BCUT2D eigenvalue weighted by molar-refractivity contribution is 0.222.